The largest absolute Gasteiger partial charge is 0.496 e. The summed E-state index contributed by atoms with van der Waals surface area (Å²) < 4.78 is 54.2. The molecule has 3 amide bonds. The third-order valence-electron chi connectivity index (χ3n) is 13.4. The number of nitrogens with zero attached hydrogens (tertiary/aromatic N) is 1. The van der Waals surface area contributed by atoms with Crippen molar-refractivity contribution in [1.82, 2.24) is 20.7 Å². The second kappa shape index (κ2) is 21.5. The first kappa shape index (κ1) is 51.7. The van der Waals surface area contributed by atoms with Crippen LogP contribution >= 0.6 is 0 Å². The zero-order valence-corrected chi connectivity index (χ0v) is 42.6. The van der Waals surface area contributed by atoms with Crippen LogP contribution in [-0.2, 0) is 53.2 Å². The van der Waals surface area contributed by atoms with Crippen LogP contribution in [-0.4, -0.2) is 89.7 Å². The molecule has 4 bridgehead atoms. The molecule has 0 saturated carbocycles. The van der Waals surface area contributed by atoms with Crippen LogP contribution in [0.1, 0.15) is 79.8 Å². The van der Waals surface area contributed by atoms with Gasteiger partial charge in [0.05, 0.1) is 26.2 Å². The second-order valence-corrected chi connectivity index (χ2v) is 20.4. The molecule has 71 heavy (non-hydrogen) atoms. The molecule has 2 heterocycles. The first-order valence-electron chi connectivity index (χ1n) is 23.7. The van der Waals surface area contributed by atoms with Gasteiger partial charge in [-0.1, -0.05) is 60.7 Å². The standard InChI is InChI=1S/C54H64N6O10S/c1-30-31(2)49(32(3)38-24-25-54(5,6)70-46(30)38)71(65,66)60-53(55)56-26-16-23-41-50(62)59-42(52(64)69-9)22-15-12-19-36-27-34-17-10-13-20-39(34)44(47(36)67-7)45-40-21-14-11-18-35(40)28-37(48(45)68-8)29-43(51(63)58-41)57-33(4)61/h10-15,17-18,20-21,27-28,41-43H,16,19,22-26,29H2,1-9H3,(H,57,61)(H,58,63)(H,59,62)(H3,55,56,60)/b15-12+/t41-,42+,43?/m1/s1. The molecule has 1 unspecified atom stereocenters. The van der Waals surface area contributed by atoms with Crippen molar-refractivity contribution in [1.29, 1.82) is 0 Å². The Labute approximate surface area is 415 Å². The number of carbonyl (C=O) groups excluding carboxylic acids is 4. The summed E-state index contributed by atoms with van der Waals surface area (Å²) in [7, 11) is 0.194. The summed E-state index contributed by atoms with van der Waals surface area (Å²) >= 11 is 0. The molecule has 2 aliphatic heterocycles. The van der Waals surface area contributed by atoms with Crippen LogP contribution in [0.5, 0.6) is 17.2 Å². The lowest BCUT2D eigenvalue weighted by molar-refractivity contribution is -0.145. The Morgan fingerprint density at radius 1 is 0.859 bits per heavy atom. The number of carbonyl (C=O) groups is 4. The number of hydrogen-bond donors (Lipinski definition) is 5. The van der Waals surface area contributed by atoms with Gasteiger partial charge in [-0.3, -0.25) is 19.4 Å². The molecule has 5 aromatic carbocycles. The first-order valence-corrected chi connectivity index (χ1v) is 25.2. The van der Waals surface area contributed by atoms with E-state index in [4.69, 9.17) is 24.7 Å². The molecule has 16 nitrogen and oxygen atoms in total. The zero-order chi connectivity index (χ0) is 51.4. The molecule has 7 rings (SSSR count). The minimum absolute atomic E-state index is 0.0266. The number of aliphatic imine (C=N–C) groups is 1. The quantitative estimate of drug-likeness (QED) is 0.0335. The van der Waals surface area contributed by atoms with Gasteiger partial charge in [-0.15, -0.1) is 0 Å². The average Bonchev–Trinajstić information content (AvgIpc) is 3.32. The summed E-state index contributed by atoms with van der Waals surface area (Å²) in [6, 6.07) is 16.1. The number of fused-ring (bicyclic) bond motifs is 10. The van der Waals surface area contributed by atoms with Gasteiger partial charge in [0.25, 0.3) is 10.0 Å². The molecular weight excluding hydrogens is 925 g/mol. The number of nitrogens with one attached hydrogen (secondary N) is 4. The van der Waals surface area contributed by atoms with Crippen LogP contribution in [0.4, 0.5) is 0 Å². The number of guanidine groups is 1. The summed E-state index contributed by atoms with van der Waals surface area (Å²) in [6.07, 6.45) is 5.53. The van der Waals surface area contributed by atoms with E-state index in [0.29, 0.717) is 46.8 Å². The molecule has 0 saturated heterocycles. The van der Waals surface area contributed by atoms with Crippen molar-refractivity contribution in [2.45, 2.75) is 115 Å². The molecular formula is C54H64N6O10S. The van der Waals surface area contributed by atoms with Gasteiger partial charge >= 0.3 is 5.97 Å². The fourth-order valence-electron chi connectivity index (χ4n) is 9.79. The van der Waals surface area contributed by atoms with Crippen molar-refractivity contribution in [2.75, 3.05) is 27.9 Å². The van der Waals surface area contributed by atoms with E-state index >= 15 is 0 Å². The Morgan fingerprint density at radius 3 is 2.10 bits per heavy atom. The summed E-state index contributed by atoms with van der Waals surface area (Å²) in [4.78, 5) is 59.3. The number of methoxy groups -OCH3 is 3. The summed E-state index contributed by atoms with van der Waals surface area (Å²) in [5.41, 5.74) is 11.5. The topological polar surface area (TPSA) is 226 Å². The third-order valence-corrected chi connectivity index (χ3v) is 15.0. The van der Waals surface area contributed by atoms with E-state index in [-0.39, 0.29) is 48.7 Å². The number of sulfonamides is 1. The number of allylic oxidation sites excluding steroid dienone is 1. The average molecular weight is 989 g/mol. The maximum atomic E-state index is 14.6. The molecule has 3 atom stereocenters. The van der Waals surface area contributed by atoms with Crippen LogP contribution in [0, 0.1) is 20.8 Å². The third kappa shape index (κ3) is 11.1. The second-order valence-electron chi connectivity index (χ2n) is 18.7. The van der Waals surface area contributed by atoms with E-state index in [0.717, 1.165) is 55.8 Å². The number of esters is 1. The lowest BCUT2D eigenvalue weighted by Crippen LogP contribution is -2.56. The predicted octanol–water partition coefficient (Wildman–Crippen LogP) is 6.47. The summed E-state index contributed by atoms with van der Waals surface area (Å²) in [5.74, 6) is -1.18. The normalized spacial score (nSPS) is 18.9. The number of nitrogens with two attached hydrogens (primary N) is 1. The van der Waals surface area contributed by atoms with Gasteiger partial charge in [0.15, 0.2) is 0 Å². The molecule has 2 aliphatic rings. The highest BCUT2D eigenvalue weighted by Crippen LogP contribution is 2.49. The van der Waals surface area contributed by atoms with Crippen LogP contribution < -0.4 is 40.6 Å². The van der Waals surface area contributed by atoms with Crippen LogP contribution in [0.3, 0.4) is 0 Å². The zero-order valence-electron chi connectivity index (χ0n) is 41.8. The Bertz CT molecular complexity index is 3090. The predicted molar refractivity (Wildman–Crippen MR) is 274 cm³/mol. The van der Waals surface area contributed by atoms with E-state index in [1.165, 1.54) is 14.0 Å². The SMILES string of the molecule is COC(=O)[C@@H]1C/C=C/Cc2cc3ccccc3c(c2OC)-c2c(OC)c(cc3ccccc23)CC(NC(C)=O)C(=O)N[C@H](CCCN=C(N)NS(=O)(=O)c2c(C)c(C)c3c(c2C)CCC(C)(C)O3)C(=O)N1. The van der Waals surface area contributed by atoms with Gasteiger partial charge in [-0.05, 0) is 140 Å². The lowest BCUT2D eigenvalue weighted by Gasteiger charge is -2.35. The van der Waals surface area contributed by atoms with Crippen LogP contribution in [0.15, 0.2) is 82.7 Å². The van der Waals surface area contributed by atoms with E-state index in [1.807, 2.05) is 81.4 Å². The number of ether oxygens (including phenoxy) is 4. The van der Waals surface area contributed by atoms with E-state index in [1.54, 1.807) is 34.1 Å². The first-order chi connectivity index (χ1) is 33.8. The highest BCUT2D eigenvalue weighted by atomic mass is 32.2. The molecule has 376 valence electrons. The minimum atomic E-state index is -4.19. The fraction of sp³-hybridized carbons (Fsp3) is 0.389. The summed E-state index contributed by atoms with van der Waals surface area (Å²) in [5, 5.41) is 11.9. The molecule has 6 N–H and O–H groups in total. The molecule has 0 radical (unpaired) electrons. The number of benzene rings is 5. The minimum Gasteiger partial charge on any atom is -0.496 e. The van der Waals surface area contributed by atoms with Crippen molar-refractivity contribution in [3.63, 3.8) is 0 Å². The highest BCUT2D eigenvalue weighted by molar-refractivity contribution is 7.90. The molecule has 0 aromatic heterocycles. The smallest absolute Gasteiger partial charge is 0.328 e. The van der Waals surface area contributed by atoms with Crippen molar-refractivity contribution < 1.29 is 46.5 Å². The maximum Gasteiger partial charge on any atom is 0.328 e. The van der Waals surface area contributed by atoms with Gasteiger partial charge in [-0.25, -0.2) is 17.9 Å². The number of amides is 3. The van der Waals surface area contributed by atoms with Gasteiger partial charge in [-0.2, -0.15) is 0 Å². The molecule has 0 spiro atoms. The van der Waals surface area contributed by atoms with Gasteiger partial charge < -0.3 is 40.6 Å². The lowest BCUT2D eigenvalue weighted by atomic mass is 9.87. The van der Waals surface area contributed by atoms with Crippen LogP contribution in [0.2, 0.25) is 0 Å². The summed E-state index contributed by atoms with van der Waals surface area (Å²) in [6.45, 7) is 10.6. The van der Waals surface area contributed by atoms with Gasteiger partial charge in [0.1, 0.15) is 41.0 Å². The Hall–Kier alpha value is -7.14. The van der Waals surface area contributed by atoms with E-state index in [2.05, 4.69) is 31.7 Å². The fourth-order valence-corrected chi connectivity index (χ4v) is 11.3. The Kier molecular flexibility index (Phi) is 15.6. The number of rotatable bonds is 10. The molecule has 5 aromatic rings. The van der Waals surface area contributed by atoms with Crippen molar-refractivity contribution in [2.24, 2.45) is 10.7 Å². The van der Waals surface area contributed by atoms with Crippen molar-refractivity contribution >= 4 is 61.2 Å². The molecule has 0 aliphatic carbocycles. The Morgan fingerprint density at radius 2 is 1.48 bits per heavy atom. The highest BCUT2D eigenvalue weighted by Gasteiger charge is 2.35. The van der Waals surface area contributed by atoms with E-state index < -0.39 is 51.8 Å². The number of hydrogen-bond acceptors (Lipinski definition) is 11. The molecule has 0 fully saturated rings. The van der Waals surface area contributed by atoms with Crippen molar-refractivity contribution in [3.05, 3.63) is 106 Å². The van der Waals surface area contributed by atoms with E-state index in [9.17, 15) is 27.6 Å². The Balaban J connectivity index is 1.23. The van der Waals surface area contributed by atoms with Gasteiger partial charge in [0, 0.05) is 31.0 Å². The van der Waals surface area contributed by atoms with Gasteiger partial charge in [0.2, 0.25) is 23.7 Å². The van der Waals surface area contributed by atoms with Crippen molar-refractivity contribution in [3.8, 4) is 28.4 Å². The molecule has 17 heteroatoms. The van der Waals surface area contributed by atoms with Crippen LogP contribution in [0.25, 0.3) is 32.7 Å². The monoisotopic (exact) mass is 988 g/mol. The maximum absolute atomic E-state index is 14.6.